The molecule has 6 nitrogen and oxygen atoms in total. The summed E-state index contributed by atoms with van der Waals surface area (Å²) in [6.07, 6.45) is -0.751. The minimum atomic E-state index is -1.17. The van der Waals surface area contributed by atoms with Gasteiger partial charge in [0, 0.05) is 6.42 Å². The van der Waals surface area contributed by atoms with Crippen LogP contribution in [0.4, 0.5) is 0 Å². The molecule has 102 valence electrons. The maximum Gasteiger partial charge on any atom is 0.249 e. The maximum atomic E-state index is 11.7. The minimum absolute atomic E-state index is 0.105. The van der Waals surface area contributed by atoms with Crippen LogP contribution in [0, 0.1) is 23.2 Å². The Balaban J connectivity index is 4.55. The Bertz CT molecular complexity index is 336. The number of aliphatic hydroxyl groups excluding tert-OH is 1. The first-order chi connectivity index (χ1) is 8.29. The van der Waals surface area contributed by atoms with Crippen LogP contribution in [0.2, 0.25) is 0 Å². The second-order valence-electron chi connectivity index (χ2n) is 4.87. The van der Waals surface area contributed by atoms with Gasteiger partial charge in [0.1, 0.15) is 12.1 Å². The first-order valence-electron chi connectivity index (χ1n) is 5.94. The third kappa shape index (κ3) is 5.64. The number of nitriles is 1. The van der Waals surface area contributed by atoms with Crippen molar-refractivity contribution in [1.29, 1.82) is 5.26 Å². The highest BCUT2D eigenvalue weighted by atomic mass is 16.3. The van der Waals surface area contributed by atoms with E-state index in [4.69, 9.17) is 11.0 Å². The number of rotatable bonds is 7. The number of hydrogen-bond acceptors (Lipinski definition) is 4. The highest BCUT2D eigenvalue weighted by molar-refractivity contribution is 5.88. The largest absolute Gasteiger partial charge is 0.383 e. The predicted octanol–water partition coefficient (Wildman–Crippen LogP) is -0.0867. The lowest BCUT2D eigenvalue weighted by Gasteiger charge is -2.22. The van der Waals surface area contributed by atoms with Crippen molar-refractivity contribution in [3.05, 3.63) is 0 Å². The summed E-state index contributed by atoms with van der Waals surface area (Å²) in [6.45, 7) is 5.40. The predicted molar refractivity (Wildman–Crippen MR) is 66.0 cm³/mol. The van der Waals surface area contributed by atoms with Crippen molar-refractivity contribution in [1.82, 2.24) is 5.32 Å². The molecule has 0 aliphatic heterocycles. The summed E-state index contributed by atoms with van der Waals surface area (Å²) in [5, 5.41) is 20.6. The van der Waals surface area contributed by atoms with Crippen LogP contribution >= 0.6 is 0 Å². The zero-order valence-corrected chi connectivity index (χ0v) is 11.0. The first kappa shape index (κ1) is 16.4. The van der Waals surface area contributed by atoms with Crippen LogP contribution < -0.4 is 11.1 Å². The van der Waals surface area contributed by atoms with Gasteiger partial charge < -0.3 is 16.2 Å². The van der Waals surface area contributed by atoms with Crippen molar-refractivity contribution in [3.63, 3.8) is 0 Å². The number of hydrogen-bond donors (Lipinski definition) is 3. The Morgan fingerprint density at radius 3 is 2.33 bits per heavy atom. The molecule has 18 heavy (non-hydrogen) atoms. The van der Waals surface area contributed by atoms with Gasteiger partial charge in [-0.2, -0.15) is 5.26 Å². The minimum Gasteiger partial charge on any atom is -0.383 e. The normalized spacial score (nSPS) is 15.6. The smallest absolute Gasteiger partial charge is 0.249 e. The molecule has 0 fully saturated rings. The molecule has 0 spiro atoms. The van der Waals surface area contributed by atoms with Crippen LogP contribution in [-0.4, -0.2) is 29.1 Å². The van der Waals surface area contributed by atoms with E-state index in [0.29, 0.717) is 6.42 Å². The number of carbonyl (C=O) groups excluding carboxylic acids is 2. The van der Waals surface area contributed by atoms with Crippen molar-refractivity contribution < 1.29 is 14.7 Å². The summed E-state index contributed by atoms with van der Waals surface area (Å²) >= 11 is 0. The summed E-state index contributed by atoms with van der Waals surface area (Å²) in [6, 6.07) is 0.984. The van der Waals surface area contributed by atoms with E-state index >= 15 is 0 Å². The lowest BCUT2D eigenvalue weighted by atomic mass is 9.97. The fourth-order valence-electron chi connectivity index (χ4n) is 1.56. The van der Waals surface area contributed by atoms with Crippen molar-refractivity contribution in [3.8, 4) is 6.07 Å². The van der Waals surface area contributed by atoms with Crippen molar-refractivity contribution in [2.45, 2.75) is 45.8 Å². The zero-order valence-electron chi connectivity index (χ0n) is 11.0. The molecular formula is C12H21N3O3. The van der Waals surface area contributed by atoms with Crippen LogP contribution in [0.25, 0.3) is 0 Å². The van der Waals surface area contributed by atoms with Gasteiger partial charge >= 0.3 is 0 Å². The fourth-order valence-corrected chi connectivity index (χ4v) is 1.56. The van der Waals surface area contributed by atoms with E-state index in [1.54, 1.807) is 6.92 Å². The molecule has 0 aromatic rings. The maximum absolute atomic E-state index is 11.7. The lowest BCUT2D eigenvalue weighted by molar-refractivity contribution is -0.134. The summed E-state index contributed by atoms with van der Waals surface area (Å²) in [4.78, 5) is 22.9. The van der Waals surface area contributed by atoms with Crippen LogP contribution in [-0.2, 0) is 9.59 Å². The molecule has 0 saturated carbocycles. The van der Waals surface area contributed by atoms with Gasteiger partial charge in [0.2, 0.25) is 11.8 Å². The molecule has 0 aliphatic rings. The van der Waals surface area contributed by atoms with E-state index < -0.39 is 24.0 Å². The van der Waals surface area contributed by atoms with Gasteiger partial charge in [0.15, 0.2) is 0 Å². The van der Waals surface area contributed by atoms with Crippen molar-refractivity contribution >= 4 is 11.8 Å². The Hall–Kier alpha value is -1.61. The summed E-state index contributed by atoms with van der Waals surface area (Å²) < 4.78 is 0. The molecule has 3 atom stereocenters. The van der Waals surface area contributed by atoms with Crippen LogP contribution in [0.3, 0.4) is 0 Å². The number of nitrogens with one attached hydrogen (secondary N) is 1. The molecular weight excluding hydrogens is 234 g/mol. The summed E-state index contributed by atoms with van der Waals surface area (Å²) in [5.41, 5.74) is 5.17. The molecule has 0 aromatic heterocycles. The molecule has 0 unspecified atom stereocenters. The molecule has 0 aliphatic carbocycles. The molecule has 0 heterocycles. The third-order valence-electron chi connectivity index (χ3n) is 2.58. The molecule has 0 bridgehead atoms. The molecule has 0 radical (unpaired) electrons. The number of nitrogens with zero attached hydrogens (tertiary/aromatic N) is 1. The van der Waals surface area contributed by atoms with Gasteiger partial charge in [-0.15, -0.1) is 0 Å². The molecule has 0 rings (SSSR count). The van der Waals surface area contributed by atoms with E-state index in [2.05, 4.69) is 5.32 Å². The lowest BCUT2D eigenvalue weighted by Crippen LogP contribution is -2.51. The molecule has 0 saturated heterocycles. The van der Waals surface area contributed by atoms with Gasteiger partial charge in [-0.3, -0.25) is 9.59 Å². The number of primary amides is 1. The zero-order chi connectivity index (χ0) is 14.3. The third-order valence-corrected chi connectivity index (χ3v) is 2.58. The van der Waals surface area contributed by atoms with E-state index in [-0.39, 0.29) is 18.3 Å². The highest BCUT2D eigenvalue weighted by Gasteiger charge is 2.27. The quantitative estimate of drug-likeness (QED) is 0.589. The molecule has 0 aromatic carbocycles. The number of amides is 2. The standard InChI is InChI=1S/C12H21N3O3/c1-7(2)6-9(16)12(18)15-10(11(14)17)8(3)4-5-13/h7-10,16H,4,6H2,1-3H3,(H2,14,17)(H,15,18)/t8-,9-,10-/m0/s1. The molecule has 4 N–H and O–H groups in total. The second kappa shape index (κ2) is 7.67. The molecule has 6 heteroatoms. The number of aliphatic hydroxyl groups is 1. The average Bonchev–Trinajstić information content (AvgIpc) is 2.24. The van der Waals surface area contributed by atoms with Gasteiger partial charge in [0.25, 0.3) is 0 Å². The summed E-state index contributed by atoms with van der Waals surface area (Å²) in [5.74, 6) is -1.56. The average molecular weight is 255 g/mol. The topological polar surface area (TPSA) is 116 Å². The molecule has 2 amide bonds. The van der Waals surface area contributed by atoms with Crippen LogP contribution in [0.1, 0.15) is 33.6 Å². The summed E-state index contributed by atoms with van der Waals surface area (Å²) in [7, 11) is 0. The van der Waals surface area contributed by atoms with Crippen LogP contribution in [0.5, 0.6) is 0 Å². The highest BCUT2D eigenvalue weighted by Crippen LogP contribution is 2.09. The van der Waals surface area contributed by atoms with Gasteiger partial charge in [-0.1, -0.05) is 20.8 Å². The van der Waals surface area contributed by atoms with Gasteiger partial charge in [-0.25, -0.2) is 0 Å². The van der Waals surface area contributed by atoms with E-state index in [9.17, 15) is 14.7 Å². The van der Waals surface area contributed by atoms with Crippen molar-refractivity contribution in [2.24, 2.45) is 17.6 Å². The van der Waals surface area contributed by atoms with Crippen molar-refractivity contribution in [2.75, 3.05) is 0 Å². The Morgan fingerprint density at radius 1 is 1.39 bits per heavy atom. The number of nitrogens with two attached hydrogens (primary N) is 1. The van der Waals surface area contributed by atoms with E-state index in [1.807, 2.05) is 19.9 Å². The SMILES string of the molecule is CC(C)C[C@H](O)C(=O)N[C@H](C(N)=O)[C@@H](C)CC#N. The second-order valence-corrected chi connectivity index (χ2v) is 4.87. The number of carbonyl (C=O) groups is 2. The first-order valence-corrected chi connectivity index (χ1v) is 5.94. The fraction of sp³-hybridized carbons (Fsp3) is 0.750. The Labute approximate surface area is 107 Å². The Kier molecular flexibility index (Phi) is 6.98. The van der Waals surface area contributed by atoms with E-state index in [1.165, 1.54) is 0 Å². The van der Waals surface area contributed by atoms with Crippen LogP contribution in [0.15, 0.2) is 0 Å². The monoisotopic (exact) mass is 255 g/mol. The van der Waals surface area contributed by atoms with Gasteiger partial charge in [0.05, 0.1) is 6.07 Å². The Morgan fingerprint density at radius 2 is 1.94 bits per heavy atom. The van der Waals surface area contributed by atoms with Gasteiger partial charge in [-0.05, 0) is 18.3 Å². The van der Waals surface area contributed by atoms with E-state index in [0.717, 1.165) is 0 Å².